The van der Waals surface area contributed by atoms with Gasteiger partial charge in [-0.05, 0) is 28.7 Å². The first-order valence-electron chi connectivity index (χ1n) is 8.69. The third-order valence-electron chi connectivity index (χ3n) is 4.61. The Hall–Kier alpha value is -2.04. The first-order valence-corrected chi connectivity index (χ1v) is 10.5. The molecule has 0 heterocycles. The molecule has 0 saturated carbocycles. The minimum atomic E-state index is -1.75. The minimum absolute atomic E-state index is 0.568. The lowest BCUT2D eigenvalue weighted by molar-refractivity contribution is 0.762. The van der Waals surface area contributed by atoms with E-state index in [0.29, 0.717) is 5.92 Å². The van der Waals surface area contributed by atoms with Crippen LogP contribution in [0.4, 0.5) is 0 Å². The second kappa shape index (κ2) is 7.69. The first kappa shape index (κ1) is 16.8. The summed E-state index contributed by atoms with van der Waals surface area (Å²) in [6, 6.07) is 33.1. The molecule has 1 unspecified atom stereocenters. The molecule has 3 aromatic carbocycles. The topological polar surface area (TPSA) is 0 Å². The van der Waals surface area contributed by atoms with Gasteiger partial charge in [0, 0.05) is 0 Å². The molecule has 0 saturated heterocycles. The van der Waals surface area contributed by atoms with Gasteiger partial charge < -0.3 is 0 Å². The molecule has 0 aliphatic rings. The Morgan fingerprint density at radius 1 is 0.667 bits per heavy atom. The molecule has 1 atom stereocenters. The van der Waals surface area contributed by atoms with Crippen molar-refractivity contribution in [2.45, 2.75) is 20.3 Å². The fourth-order valence-electron chi connectivity index (χ4n) is 3.18. The summed E-state index contributed by atoms with van der Waals surface area (Å²) in [5.74, 6) is 3.20. The predicted molar refractivity (Wildman–Crippen MR) is 111 cm³/mol. The Balaban J connectivity index is 2.40. The lowest BCUT2D eigenvalue weighted by Crippen LogP contribution is -2.28. The van der Waals surface area contributed by atoms with E-state index < -0.39 is 6.89 Å². The molecule has 0 nitrogen and oxygen atoms in total. The average molecular weight is 332 g/mol. The Morgan fingerprint density at radius 2 is 1.00 bits per heavy atom. The highest BCUT2D eigenvalue weighted by molar-refractivity contribution is 7.94. The summed E-state index contributed by atoms with van der Waals surface area (Å²) in [5, 5.41) is 4.30. The molecule has 0 aliphatic carbocycles. The molecular weight excluding hydrogens is 307 g/mol. The van der Waals surface area contributed by atoms with E-state index in [4.69, 9.17) is 0 Å². The van der Waals surface area contributed by atoms with Crippen LogP contribution in [0, 0.1) is 5.92 Å². The largest absolute Gasteiger partial charge is 0.0714 e. The van der Waals surface area contributed by atoms with Gasteiger partial charge in [0.2, 0.25) is 0 Å². The molecule has 0 bridgehead atoms. The zero-order chi connectivity index (χ0) is 16.8. The molecule has 0 aliphatic heterocycles. The third-order valence-corrected chi connectivity index (χ3v) is 8.91. The van der Waals surface area contributed by atoms with Gasteiger partial charge in [-0.25, -0.2) is 0 Å². The van der Waals surface area contributed by atoms with Crippen LogP contribution in [-0.2, 0) is 0 Å². The van der Waals surface area contributed by atoms with Crippen molar-refractivity contribution in [3.8, 4) is 0 Å². The summed E-state index contributed by atoms with van der Waals surface area (Å²) >= 11 is 0. The highest BCUT2D eigenvalue weighted by Gasteiger charge is 2.25. The quantitative estimate of drug-likeness (QED) is 0.587. The lowest BCUT2D eigenvalue weighted by Gasteiger charge is -2.30. The lowest BCUT2D eigenvalue weighted by atomic mass is 10.2. The molecule has 24 heavy (non-hydrogen) atoms. The molecule has 0 spiro atoms. The first-order chi connectivity index (χ1) is 11.8. The molecule has 0 aromatic heterocycles. The van der Waals surface area contributed by atoms with Gasteiger partial charge in [-0.1, -0.05) is 117 Å². The van der Waals surface area contributed by atoms with Crippen LogP contribution in [0.3, 0.4) is 0 Å². The fourth-order valence-corrected chi connectivity index (χ4v) is 7.49. The van der Waals surface area contributed by atoms with Crippen LogP contribution in [0.1, 0.15) is 20.3 Å². The average Bonchev–Trinajstić information content (AvgIpc) is 2.68. The molecule has 0 fully saturated rings. The SMILES string of the molecule is CCC(C)C=P(c1ccccc1)(c1ccccc1)c1ccccc1. The van der Waals surface area contributed by atoms with Crippen LogP contribution >= 0.6 is 6.89 Å². The van der Waals surface area contributed by atoms with Gasteiger partial charge in [0.1, 0.15) is 0 Å². The van der Waals surface area contributed by atoms with Gasteiger partial charge in [-0.3, -0.25) is 0 Å². The Morgan fingerprint density at radius 3 is 1.29 bits per heavy atom. The van der Waals surface area contributed by atoms with Crippen molar-refractivity contribution in [1.82, 2.24) is 0 Å². The number of hydrogen-bond donors (Lipinski definition) is 0. The van der Waals surface area contributed by atoms with Crippen LogP contribution in [-0.4, -0.2) is 5.80 Å². The smallest absolute Gasteiger partial charge is 0.0163 e. The van der Waals surface area contributed by atoms with Crippen molar-refractivity contribution in [1.29, 1.82) is 0 Å². The molecule has 0 amide bonds. The molecule has 0 N–H and O–H groups in total. The van der Waals surface area contributed by atoms with Gasteiger partial charge in [0.05, 0.1) is 0 Å². The van der Waals surface area contributed by atoms with E-state index in [-0.39, 0.29) is 0 Å². The highest BCUT2D eigenvalue weighted by Crippen LogP contribution is 2.44. The minimum Gasteiger partial charge on any atom is -0.0714 e. The monoisotopic (exact) mass is 332 g/mol. The summed E-state index contributed by atoms with van der Waals surface area (Å²) in [7, 11) is 0. The molecule has 3 aromatic rings. The number of rotatable bonds is 5. The fraction of sp³-hybridized carbons (Fsp3) is 0.174. The molecule has 1 heteroatoms. The normalized spacial score (nSPS) is 12.6. The van der Waals surface area contributed by atoms with Gasteiger partial charge >= 0.3 is 0 Å². The van der Waals surface area contributed by atoms with Gasteiger partial charge in [0.15, 0.2) is 0 Å². The zero-order valence-corrected chi connectivity index (χ0v) is 15.4. The van der Waals surface area contributed by atoms with Crippen molar-refractivity contribution >= 4 is 28.6 Å². The van der Waals surface area contributed by atoms with E-state index in [2.05, 4.69) is 111 Å². The van der Waals surface area contributed by atoms with E-state index in [9.17, 15) is 0 Å². The second-order valence-corrected chi connectivity index (χ2v) is 9.56. The molecular formula is C23H25P. The maximum atomic E-state index is 2.63. The van der Waals surface area contributed by atoms with E-state index in [1.165, 1.54) is 15.9 Å². The van der Waals surface area contributed by atoms with Gasteiger partial charge in [-0.2, -0.15) is 0 Å². The maximum absolute atomic E-state index is 2.63. The van der Waals surface area contributed by atoms with E-state index in [1.807, 2.05) is 0 Å². The van der Waals surface area contributed by atoms with E-state index in [1.54, 1.807) is 0 Å². The number of benzene rings is 3. The van der Waals surface area contributed by atoms with E-state index in [0.717, 1.165) is 6.42 Å². The van der Waals surface area contributed by atoms with Gasteiger partial charge in [0.25, 0.3) is 0 Å². The van der Waals surface area contributed by atoms with E-state index >= 15 is 0 Å². The molecule has 0 radical (unpaired) electrons. The van der Waals surface area contributed by atoms with Crippen LogP contribution in [0.25, 0.3) is 0 Å². The Bertz CT molecular complexity index is 701. The molecule has 3 rings (SSSR count). The maximum Gasteiger partial charge on any atom is -0.0163 e. The van der Waals surface area contributed by atoms with Crippen molar-refractivity contribution < 1.29 is 0 Å². The number of hydrogen-bond acceptors (Lipinski definition) is 0. The van der Waals surface area contributed by atoms with Crippen molar-refractivity contribution in [2.24, 2.45) is 5.92 Å². The van der Waals surface area contributed by atoms with Crippen LogP contribution in [0.5, 0.6) is 0 Å². The molecule has 122 valence electrons. The van der Waals surface area contributed by atoms with Crippen LogP contribution in [0.2, 0.25) is 0 Å². The predicted octanol–water partition coefficient (Wildman–Crippen LogP) is 4.83. The summed E-state index contributed by atoms with van der Waals surface area (Å²) in [5.41, 5.74) is 0. The Kier molecular flexibility index (Phi) is 5.38. The highest BCUT2D eigenvalue weighted by atomic mass is 31.2. The van der Waals surface area contributed by atoms with Crippen molar-refractivity contribution in [3.05, 3.63) is 91.0 Å². The van der Waals surface area contributed by atoms with Crippen LogP contribution < -0.4 is 15.9 Å². The Labute approximate surface area is 146 Å². The third kappa shape index (κ3) is 3.25. The second-order valence-electron chi connectivity index (χ2n) is 6.26. The van der Waals surface area contributed by atoms with Gasteiger partial charge in [-0.15, -0.1) is 0 Å². The standard InChI is InChI=1S/C23H25P/c1-3-20(2)19-24(21-13-7-4-8-14-21,22-15-9-5-10-16-22)23-17-11-6-12-18-23/h4-20H,3H2,1-2H3. The summed E-state index contributed by atoms with van der Waals surface area (Å²) < 4.78 is 0. The zero-order valence-electron chi connectivity index (χ0n) is 14.5. The summed E-state index contributed by atoms with van der Waals surface area (Å²) in [6.45, 7) is 2.86. The summed E-state index contributed by atoms with van der Waals surface area (Å²) in [6.07, 6.45) is 1.16. The van der Waals surface area contributed by atoms with Crippen molar-refractivity contribution in [3.63, 3.8) is 0 Å². The summed E-state index contributed by atoms with van der Waals surface area (Å²) in [4.78, 5) is 0. The van der Waals surface area contributed by atoms with Crippen LogP contribution in [0.15, 0.2) is 91.0 Å². The van der Waals surface area contributed by atoms with Crippen molar-refractivity contribution in [2.75, 3.05) is 0 Å².